The lowest BCUT2D eigenvalue weighted by Crippen LogP contribution is -2.38. The van der Waals surface area contributed by atoms with Gasteiger partial charge in [-0.1, -0.05) is 61.5 Å². The molecule has 0 spiro atoms. The molecule has 42 heavy (non-hydrogen) atoms. The molecule has 3 aromatic carbocycles. The predicted molar refractivity (Wildman–Crippen MR) is 159 cm³/mol. The summed E-state index contributed by atoms with van der Waals surface area (Å²) in [4.78, 5) is 16.1. The molecule has 1 saturated heterocycles. The van der Waals surface area contributed by atoms with Gasteiger partial charge in [0.1, 0.15) is 5.03 Å². The molecule has 0 bridgehead atoms. The summed E-state index contributed by atoms with van der Waals surface area (Å²) in [6.45, 7) is 1.93. The van der Waals surface area contributed by atoms with E-state index in [1.165, 1.54) is 30.0 Å². The monoisotopic (exact) mass is 606 g/mol. The minimum absolute atomic E-state index is 0.0754. The van der Waals surface area contributed by atoms with E-state index in [9.17, 15) is 23.4 Å². The summed E-state index contributed by atoms with van der Waals surface area (Å²) in [7, 11) is -3.80. The van der Waals surface area contributed by atoms with E-state index < -0.39 is 28.4 Å². The molecule has 1 aliphatic heterocycles. The van der Waals surface area contributed by atoms with Crippen molar-refractivity contribution in [1.82, 2.24) is 4.98 Å². The number of thioether (sulfide) groups is 1. The number of carboxylic acids is 1. The van der Waals surface area contributed by atoms with Gasteiger partial charge in [-0.05, 0) is 47.5 Å². The fraction of sp³-hybridized carbons (Fsp3) is 0.226. The second-order valence-corrected chi connectivity index (χ2v) is 12.5. The van der Waals surface area contributed by atoms with Gasteiger partial charge in [-0.2, -0.15) is 0 Å². The van der Waals surface area contributed by atoms with Gasteiger partial charge in [0.25, 0.3) is 10.0 Å². The molecular formula is C31H30N2O7S2. The van der Waals surface area contributed by atoms with Crippen molar-refractivity contribution in [2.24, 2.45) is 5.92 Å². The van der Waals surface area contributed by atoms with Crippen molar-refractivity contribution in [3.63, 3.8) is 0 Å². The number of carboxylic acid groups (broad SMARTS) is 1. The Morgan fingerprint density at radius 2 is 1.71 bits per heavy atom. The zero-order valence-corrected chi connectivity index (χ0v) is 24.3. The average Bonchev–Trinajstić information content (AvgIpc) is 3.01. The van der Waals surface area contributed by atoms with Crippen molar-refractivity contribution in [1.29, 1.82) is 0 Å². The van der Waals surface area contributed by atoms with Gasteiger partial charge in [0.05, 0.1) is 29.3 Å². The number of aromatic carboxylic acids is 1. The van der Waals surface area contributed by atoms with E-state index in [4.69, 9.17) is 9.47 Å². The van der Waals surface area contributed by atoms with Crippen LogP contribution < -0.4 is 4.72 Å². The molecule has 4 aromatic rings. The molecule has 1 aliphatic rings. The van der Waals surface area contributed by atoms with Crippen LogP contribution in [0.15, 0.2) is 107 Å². The third kappa shape index (κ3) is 6.83. The van der Waals surface area contributed by atoms with Crippen LogP contribution in [0.4, 0.5) is 5.69 Å². The van der Waals surface area contributed by atoms with E-state index in [-0.39, 0.29) is 29.1 Å². The Labute approximate surface area is 248 Å². The lowest BCUT2D eigenvalue weighted by Gasteiger charge is -2.41. The molecule has 1 aromatic heterocycles. The van der Waals surface area contributed by atoms with Crippen molar-refractivity contribution in [2.45, 2.75) is 42.0 Å². The Morgan fingerprint density at radius 1 is 0.952 bits per heavy atom. The molecule has 0 radical (unpaired) electrons. The van der Waals surface area contributed by atoms with Crippen LogP contribution in [-0.4, -0.2) is 41.4 Å². The molecule has 0 unspecified atom stereocenters. The van der Waals surface area contributed by atoms with Crippen LogP contribution in [0.5, 0.6) is 0 Å². The largest absolute Gasteiger partial charge is 0.478 e. The maximum Gasteiger partial charge on any atom is 0.338 e. The Hall–Kier alpha value is -3.74. The molecule has 0 aliphatic carbocycles. The van der Waals surface area contributed by atoms with E-state index in [2.05, 4.69) is 9.71 Å². The summed E-state index contributed by atoms with van der Waals surface area (Å²) in [6, 6.07) is 25.6. The second kappa shape index (κ2) is 13.1. The molecule has 3 N–H and O–H groups in total. The summed E-state index contributed by atoms with van der Waals surface area (Å²) >= 11 is 1.30. The zero-order valence-electron chi connectivity index (χ0n) is 22.7. The number of rotatable bonds is 10. The summed E-state index contributed by atoms with van der Waals surface area (Å²) in [5.41, 5.74) is 2.76. The van der Waals surface area contributed by atoms with Crippen molar-refractivity contribution in [3.05, 3.63) is 119 Å². The van der Waals surface area contributed by atoms with E-state index in [1.54, 1.807) is 54.7 Å². The van der Waals surface area contributed by atoms with Gasteiger partial charge < -0.3 is 19.7 Å². The highest BCUT2D eigenvalue weighted by Gasteiger charge is 2.38. The molecular weight excluding hydrogens is 576 g/mol. The summed E-state index contributed by atoms with van der Waals surface area (Å²) in [5.74, 6) is -0.782. The van der Waals surface area contributed by atoms with Crippen LogP contribution in [0.25, 0.3) is 0 Å². The normalized spacial score (nSPS) is 20.6. The minimum atomic E-state index is -3.80. The molecule has 218 valence electrons. The first-order valence-corrected chi connectivity index (χ1v) is 15.7. The number of nitrogens with one attached hydrogen (secondary N) is 1. The van der Waals surface area contributed by atoms with Crippen molar-refractivity contribution in [3.8, 4) is 0 Å². The number of aliphatic hydroxyl groups is 1. The van der Waals surface area contributed by atoms with Crippen molar-refractivity contribution >= 4 is 33.4 Å². The summed E-state index contributed by atoms with van der Waals surface area (Å²) in [5, 5.41) is 19.5. The maximum atomic E-state index is 12.9. The molecule has 11 heteroatoms. The average molecular weight is 607 g/mol. The lowest BCUT2D eigenvalue weighted by molar-refractivity contribution is -0.268. The molecule has 9 nitrogen and oxygen atoms in total. The second-order valence-electron chi connectivity index (χ2n) is 9.84. The number of pyridine rings is 1. The Balaban J connectivity index is 1.42. The topological polar surface area (TPSA) is 135 Å². The van der Waals surface area contributed by atoms with Crippen LogP contribution >= 0.6 is 11.8 Å². The number of sulfonamides is 1. The predicted octanol–water partition coefficient (Wildman–Crippen LogP) is 5.66. The first kappa shape index (κ1) is 29.7. The molecule has 5 rings (SSSR count). The van der Waals surface area contributed by atoms with Crippen LogP contribution in [-0.2, 0) is 26.1 Å². The number of anilines is 1. The quantitative estimate of drug-likeness (QED) is 0.196. The smallest absolute Gasteiger partial charge is 0.338 e. The Morgan fingerprint density at radius 3 is 2.43 bits per heavy atom. The molecule has 4 atom stereocenters. The Kier molecular flexibility index (Phi) is 9.24. The third-order valence-electron chi connectivity index (χ3n) is 6.97. The minimum Gasteiger partial charge on any atom is -0.478 e. The van der Waals surface area contributed by atoms with Gasteiger partial charge in [-0.15, -0.1) is 11.8 Å². The number of aromatic nitrogens is 1. The molecule has 0 saturated carbocycles. The summed E-state index contributed by atoms with van der Waals surface area (Å²) in [6.07, 6.45) is -0.0449. The number of benzene rings is 3. The van der Waals surface area contributed by atoms with Gasteiger partial charge in [-0.3, -0.25) is 4.72 Å². The molecule has 2 heterocycles. The van der Waals surface area contributed by atoms with E-state index in [0.717, 1.165) is 11.1 Å². The number of ether oxygens (including phenoxy) is 2. The number of aliphatic hydroxyl groups excluding tert-OH is 1. The first-order chi connectivity index (χ1) is 20.2. The standard InChI is InChI=1S/C31H30N2O7S2/c1-20-27(19-41-29-26(30(35)36)11-6-16-32-29)39-31(40-28(20)22-14-12-21(18-34)13-15-22)23-7-5-8-24(17-23)33-42(37,38)25-9-3-2-4-10-25/h2-17,20,27-28,31,33-34H,18-19H2,1H3,(H,35,36)/t20-,27+,28+,31+/m1/s1. The van der Waals surface area contributed by atoms with E-state index >= 15 is 0 Å². The van der Waals surface area contributed by atoms with E-state index in [0.29, 0.717) is 22.0 Å². The fourth-order valence-corrected chi connectivity index (χ4v) is 6.92. The van der Waals surface area contributed by atoms with Gasteiger partial charge >= 0.3 is 5.97 Å². The summed E-state index contributed by atoms with van der Waals surface area (Å²) < 4.78 is 41.4. The van der Waals surface area contributed by atoms with Gasteiger partial charge in [-0.25, -0.2) is 18.2 Å². The fourth-order valence-electron chi connectivity index (χ4n) is 4.70. The number of carbonyl (C=O) groups is 1. The molecule has 0 amide bonds. The molecule has 1 fully saturated rings. The maximum absolute atomic E-state index is 12.9. The van der Waals surface area contributed by atoms with E-state index in [1.807, 2.05) is 31.2 Å². The van der Waals surface area contributed by atoms with Gasteiger partial charge in [0.2, 0.25) is 0 Å². The van der Waals surface area contributed by atoms with Crippen molar-refractivity contribution < 1.29 is 32.9 Å². The number of hydrogen-bond acceptors (Lipinski definition) is 8. The highest BCUT2D eigenvalue weighted by Crippen LogP contribution is 2.43. The van der Waals surface area contributed by atoms with Gasteiger partial charge in [0, 0.05) is 29.1 Å². The number of nitrogens with zero attached hydrogens (tertiary/aromatic N) is 1. The zero-order chi connectivity index (χ0) is 29.7. The van der Waals surface area contributed by atoms with Gasteiger partial charge in [0.15, 0.2) is 6.29 Å². The van der Waals surface area contributed by atoms with Crippen LogP contribution in [0.1, 0.15) is 46.4 Å². The highest BCUT2D eigenvalue weighted by atomic mass is 32.2. The Bertz CT molecular complexity index is 1630. The SMILES string of the molecule is C[C@@H]1[C@H](CSc2ncccc2C(=O)O)O[C@H](c2cccc(NS(=O)(=O)c3ccccc3)c2)O[C@@H]1c1ccc(CO)cc1. The third-order valence-corrected chi connectivity index (χ3v) is 9.46. The number of hydrogen-bond donors (Lipinski definition) is 3. The van der Waals surface area contributed by atoms with Crippen LogP contribution in [0.2, 0.25) is 0 Å². The lowest BCUT2D eigenvalue weighted by atomic mass is 9.91. The highest BCUT2D eigenvalue weighted by molar-refractivity contribution is 7.99. The van der Waals surface area contributed by atoms with Crippen LogP contribution in [0, 0.1) is 5.92 Å². The first-order valence-electron chi connectivity index (χ1n) is 13.2. The van der Waals surface area contributed by atoms with Crippen molar-refractivity contribution in [2.75, 3.05) is 10.5 Å². The van der Waals surface area contributed by atoms with Crippen LogP contribution in [0.3, 0.4) is 0 Å².